The molecule has 2 aromatic rings. The summed E-state index contributed by atoms with van der Waals surface area (Å²) in [6, 6.07) is 10.3. The lowest BCUT2D eigenvalue weighted by molar-refractivity contribution is 0.0318. The molecule has 1 atom stereocenters. The lowest BCUT2D eigenvalue weighted by Crippen LogP contribution is -2.24. The van der Waals surface area contributed by atoms with Gasteiger partial charge in [0.1, 0.15) is 0 Å². The van der Waals surface area contributed by atoms with Gasteiger partial charge in [-0.05, 0) is 62.1 Å². The van der Waals surface area contributed by atoms with Crippen LogP contribution in [0.1, 0.15) is 52.6 Å². The van der Waals surface area contributed by atoms with Gasteiger partial charge in [-0.3, -0.25) is 4.79 Å². The van der Waals surface area contributed by atoms with Crippen LogP contribution < -0.4 is 9.47 Å². The van der Waals surface area contributed by atoms with E-state index in [1.165, 1.54) is 7.11 Å². The van der Waals surface area contributed by atoms with Crippen LogP contribution in [0.3, 0.4) is 0 Å². The van der Waals surface area contributed by atoms with Crippen molar-refractivity contribution in [3.8, 4) is 11.5 Å². The third-order valence-electron chi connectivity index (χ3n) is 4.42. The van der Waals surface area contributed by atoms with Gasteiger partial charge in [-0.1, -0.05) is 26.0 Å². The number of benzene rings is 2. The van der Waals surface area contributed by atoms with Crippen LogP contribution in [0.2, 0.25) is 0 Å². The molecule has 0 aliphatic heterocycles. The molecular formula is C23H28O5. The highest BCUT2D eigenvalue weighted by atomic mass is 16.5. The van der Waals surface area contributed by atoms with E-state index in [2.05, 4.69) is 0 Å². The minimum atomic E-state index is -0.891. The number of carbonyl (C=O) groups is 2. The number of methoxy groups -OCH3 is 1. The van der Waals surface area contributed by atoms with Crippen molar-refractivity contribution in [1.29, 1.82) is 0 Å². The maximum atomic E-state index is 12.6. The first-order valence-electron chi connectivity index (χ1n) is 9.36. The van der Waals surface area contributed by atoms with Crippen LogP contribution in [-0.2, 0) is 4.74 Å². The highest BCUT2D eigenvalue weighted by Gasteiger charge is 2.21. The average Bonchev–Trinajstić information content (AvgIpc) is 2.67. The van der Waals surface area contributed by atoms with Crippen LogP contribution in [-0.4, -0.2) is 31.6 Å². The molecule has 150 valence electrons. The fraction of sp³-hybridized carbons (Fsp3) is 0.391. The monoisotopic (exact) mass is 384 g/mol. The molecule has 0 saturated carbocycles. The minimum Gasteiger partial charge on any atom is -0.493 e. The van der Waals surface area contributed by atoms with E-state index in [-0.39, 0.29) is 5.78 Å². The second-order valence-corrected chi connectivity index (χ2v) is 7.28. The van der Waals surface area contributed by atoms with E-state index >= 15 is 0 Å². The summed E-state index contributed by atoms with van der Waals surface area (Å²) in [5, 5.41) is 0. The molecule has 0 amide bonds. The molecule has 0 radical (unpaired) electrons. The van der Waals surface area contributed by atoms with Crippen molar-refractivity contribution in [2.45, 2.75) is 40.7 Å². The molecule has 0 fully saturated rings. The largest absolute Gasteiger partial charge is 0.493 e. The van der Waals surface area contributed by atoms with E-state index < -0.39 is 12.1 Å². The van der Waals surface area contributed by atoms with E-state index in [1.807, 2.05) is 39.8 Å². The zero-order valence-electron chi connectivity index (χ0n) is 17.4. The van der Waals surface area contributed by atoms with E-state index in [9.17, 15) is 9.59 Å². The normalized spacial score (nSPS) is 11.8. The molecule has 0 saturated heterocycles. The molecule has 0 spiro atoms. The third kappa shape index (κ3) is 5.35. The van der Waals surface area contributed by atoms with Gasteiger partial charge in [0.25, 0.3) is 0 Å². The van der Waals surface area contributed by atoms with Gasteiger partial charge < -0.3 is 14.2 Å². The van der Waals surface area contributed by atoms with Gasteiger partial charge in [-0.15, -0.1) is 0 Å². The van der Waals surface area contributed by atoms with Gasteiger partial charge in [0.15, 0.2) is 17.6 Å². The lowest BCUT2D eigenvalue weighted by Gasteiger charge is -2.15. The molecule has 2 rings (SSSR count). The van der Waals surface area contributed by atoms with E-state index in [0.29, 0.717) is 35.2 Å². The molecule has 5 heteroatoms. The molecule has 0 bridgehead atoms. The van der Waals surface area contributed by atoms with Gasteiger partial charge in [-0.25, -0.2) is 4.79 Å². The smallest absolute Gasteiger partial charge is 0.338 e. The maximum absolute atomic E-state index is 12.6. The van der Waals surface area contributed by atoms with Crippen molar-refractivity contribution in [2.75, 3.05) is 13.7 Å². The number of ketones is 1. The molecule has 5 nitrogen and oxygen atoms in total. The summed E-state index contributed by atoms with van der Waals surface area (Å²) in [4.78, 5) is 25.1. The van der Waals surface area contributed by atoms with Crippen LogP contribution in [0.4, 0.5) is 0 Å². The van der Waals surface area contributed by atoms with Crippen molar-refractivity contribution >= 4 is 11.8 Å². The summed E-state index contributed by atoms with van der Waals surface area (Å²) in [6.07, 6.45) is -0.891. The molecule has 0 aromatic heterocycles. The van der Waals surface area contributed by atoms with Crippen LogP contribution in [0, 0.1) is 19.8 Å². The standard InChI is InChI=1S/C23H28O5/c1-14(2)13-27-20-10-9-19(12-21(20)26-6)23(25)28-17(5)22(24)18-8-7-15(3)16(4)11-18/h7-12,14,17H,13H2,1-6H3/t17-/m0/s1. The minimum absolute atomic E-state index is 0.236. The molecule has 0 heterocycles. The van der Waals surface area contributed by atoms with Crippen molar-refractivity contribution < 1.29 is 23.8 Å². The van der Waals surface area contributed by atoms with E-state index in [0.717, 1.165) is 11.1 Å². The fourth-order valence-corrected chi connectivity index (χ4v) is 2.58. The zero-order chi connectivity index (χ0) is 20.8. The Morgan fingerprint density at radius 3 is 2.18 bits per heavy atom. The Labute approximate surface area is 166 Å². The number of rotatable bonds is 8. The molecule has 0 N–H and O–H groups in total. The zero-order valence-corrected chi connectivity index (χ0v) is 17.4. The summed E-state index contributed by atoms with van der Waals surface area (Å²) in [5.74, 6) is 0.556. The van der Waals surface area contributed by atoms with E-state index in [1.54, 1.807) is 31.2 Å². The Morgan fingerprint density at radius 1 is 0.893 bits per heavy atom. The Bertz CT molecular complexity index is 854. The topological polar surface area (TPSA) is 61.8 Å². The summed E-state index contributed by atoms with van der Waals surface area (Å²) in [6.45, 7) is 10.1. The summed E-state index contributed by atoms with van der Waals surface area (Å²) in [5.41, 5.74) is 2.95. The quantitative estimate of drug-likeness (QED) is 0.484. The molecular weight excluding hydrogens is 356 g/mol. The van der Waals surface area contributed by atoms with Crippen molar-refractivity contribution in [3.05, 3.63) is 58.7 Å². The Balaban J connectivity index is 2.10. The summed E-state index contributed by atoms with van der Waals surface area (Å²) in [7, 11) is 1.51. The van der Waals surface area contributed by atoms with Gasteiger partial charge in [0.2, 0.25) is 5.78 Å². The molecule has 0 aliphatic carbocycles. The van der Waals surface area contributed by atoms with Crippen molar-refractivity contribution in [1.82, 2.24) is 0 Å². The molecule has 28 heavy (non-hydrogen) atoms. The predicted molar refractivity (Wildman–Crippen MR) is 108 cm³/mol. The number of carbonyl (C=O) groups excluding carboxylic acids is 2. The van der Waals surface area contributed by atoms with Gasteiger partial charge in [0.05, 0.1) is 19.3 Å². The van der Waals surface area contributed by atoms with Crippen LogP contribution in [0.5, 0.6) is 11.5 Å². The number of esters is 1. The van der Waals surface area contributed by atoms with Gasteiger partial charge in [0, 0.05) is 5.56 Å². The van der Waals surface area contributed by atoms with Crippen LogP contribution in [0.15, 0.2) is 36.4 Å². The number of aryl methyl sites for hydroxylation is 2. The average molecular weight is 384 g/mol. The van der Waals surface area contributed by atoms with Crippen molar-refractivity contribution in [2.24, 2.45) is 5.92 Å². The van der Waals surface area contributed by atoms with Gasteiger partial charge >= 0.3 is 5.97 Å². The van der Waals surface area contributed by atoms with E-state index in [4.69, 9.17) is 14.2 Å². The summed E-state index contributed by atoms with van der Waals surface area (Å²) >= 11 is 0. The third-order valence-corrected chi connectivity index (χ3v) is 4.42. The highest BCUT2D eigenvalue weighted by molar-refractivity contribution is 6.01. The maximum Gasteiger partial charge on any atom is 0.338 e. The summed E-state index contributed by atoms with van der Waals surface area (Å²) < 4.78 is 16.4. The molecule has 0 aliphatic rings. The number of ether oxygens (including phenoxy) is 3. The fourth-order valence-electron chi connectivity index (χ4n) is 2.58. The van der Waals surface area contributed by atoms with Gasteiger partial charge in [-0.2, -0.15) is 0 Å². The first kappa shape index (κ1) is 21.5. The van der Waals surface area contributed by atoms with Crippen LogP contribution in [0.25, 0.3) is 0 Å². The molecule has 2 aromatic carbocycles. The SMILES string of the molecule is COc1cc(C(=O)O[C@@H](C)C(=O)c2ccc(C)c(C)c2)ccc1OCC(C)C. The Kier molecular flexibility index (Phi) is 7.21. The first-order chi connectivity index (χ1) is 13.2. The number of hydrogen-bond acceptors (Lipinski definition) is 5. The van der Waals surface area contributed by atoms with Crippen LogP contribution >= 0.6 is 0 Å². The van der Waals surface area contributed by atoms with Crippen molar-refractivity contribution in [3.63, 3.8) is 0 Å². The lowest BCUT2D eigenvalue weighted by atomic mass is 10.0. The second kappa shape index (κ2) is 9.40. The molecule has 0 unspecified atom stereocenters. The number of Topliss-reactive ketones (excluding diaryl/α,β-unsaturated/α-hetero) is 1. The second-order valence-electron chi connectivity index (χ2n) is 7.28. The predicted octanol–water partition coefficient (Wildman–Crippen LogP) is 4.78. The number of hydrogen-bond donors (Lipinski definition) is 0. The Morgan fingerprint density at radius 2 is 1.57 bits per heavy atom. The Hall–Kier alpha value is -2.82. The first-order valence-corrected chi connectivity index (χ1v) is 9.36. The highest BCUT2D eigenvalue weighted by Crippen LogP contribution is 2.29.